The van der Waals surface area contributed by atoms with E-state index in [-0.39, 0.29) is 5.41 Å². The Labute approximate surface area is 196 Å². The predicted octanol–water partition coefficient (Wildman–Crippen LogP) is 7.68. The molecule has 0 spiro atoms. The maximum Gasteiger partial charge on any atom is 0.243 e. The maximum absolute atomic E-state index is 2.42. The van der Waals surface area contributed by atoms with Crippen molar-refractivity contribution in [3.8, 4) is 0 Å². The third-order valence-corrected chi connectivity index (χ3v) is 7.20. The first-order chi connectivity index (χ1) is 15.6. The second-order valence-corrected chi connectivity index (χ2v) is 9.70. The molecule has 0 aliphatic carbocycles. The molecule has 0 aliphatic heterocycles. The first-order valence-electron chi connectivity index (χ1n) is 12.8. The number of hydrogen-bond donors (Lipinski definition) is 0. The predicted molar refractivity (Wildman–Crippen MR) is 136 cm³/mol. The van der Waals surface area contributed by atoms with Crippen LogP contribution in [0.3, 0.4) is 0 Å². The number of rotatable bonds is 14. The Balaban J connectivity index is 1.62. The van der Waals surface area contributed by atoms with E-state index in [9.17, 15) is 0 Å². The van der Waals surface area contributed by atoms with Gasteiger partial charge in [0.15, 0.2) is 0 Å². The van der Waals surface area contributed by atoms with Gasteiger partial charge in [0.05, 0.1) is 6.54 Å². The van der Waals surface area contributed by atoms with Gasteiger partial charge in [0.25, 0.3) is 0 Å². The molecule has 0 amide bonds. The van der Waals surface area contributed by atoms with Crippen LogP contribution in [0.2, 0.25) is 0 Å². The summed E-state index contributed by atoms with van der Waals surface area (Å²) in [5, 5.41) is 0. The fraction of sp³-hybridized carbons (Fsp3) is 0.500. The average molecular weight is 432 g/mol. The molecule has 3 rings (SSSR count). The Bertz CT molecular complexity index is 883. The second-order valence-electron chi connectivity index (χ2n) is 9.70. The summed E-state index contributed by atoms with van der Waals surface area (Å²) in [4.78, 5) is 0. The van der Waals surface area contributed by atoms with Crippen LogP contribution in [0.25, 0.3) is 0 Å². The van der Waals surface area contributed by atoms with Crippen molar-refractivity contribution in [2.75, 3.05) is 0 Å². The minimum Gasteiger partial charge on any atom is -0.237 e. The summed E-state index contributed by atoms with van der Waals surface area (Å²) < 4.78 is 4.79. The van der Waals surface area contributed by atoms with E-state index in [2.05, 4.69) is 109 Å². The first kappa shape index (κ1) is 24.3. The average Bonchev–Trinajstić information content (AvgIpc) is 3.30. The molecule has 2 nitrogen and oxygen atoms in total. The lowest BCUT2D eigenvalue weighted by molar-refractivity contribution is -0.697. The van der Waals surface area contributed by atoms with E-state index < -0.39 is 0 Å². The Morgan fingerprint density at radius 1 is 0.812 bits per heavy atom. The van der Waals surface area contributed by atoms with Crippen molar-refractivity contribution >= 4 is 0 Å². The number of imidazole rings is 1. The molecular weight excluding hydrogens is 388 g/mol. The molecule has 32 heavy (non-hydrogen) atoms. The van der Waals surface area contributed by atoms with Crippen molar-refractivity contribution in [2.45, 2.75) is 96.6 Å². The van der Waals surface area contributed by atoms with Crippen LogP contribution in [-0.4, -0.2) is 4.57 Å². The van der Waals surface area contributed by atoms with E-state index in [1.807, 2.05) is 0 Å². The largest absolute Gasteiger partial charge is 0.243 e. The summed E-state index contributed by atoms with van der Waals surface area (Å²) >= 11 is 0. The van der Waals surface area contributed by atoms with Crippen LogP contribution in [0, 0.1) is 0 Å². The van der Waals surface area contributed by atoms with Gasteiger partial charge in [0.2, 0.25) is 6.33 Å². The Morgan fingerprint density at radius 2 is 1.41 bits per heavy atom. The molecule has 1 aromatic heterocycles. The van der Waals surface area contributed by atoms with Crippen molar-refractivity contribution in [2.24, 2.45) is 0 Å². The highest BCUT2D eigenvalue weighted by Gasteiger charge is 2.37. The standard InChI is InChI=1S/C30H43N2/c1-4-5-6-7-8-9-10-17-22-31-23-24-32(26-31)27(2)30(3,29-20-15-12-16-21-29)25-28-18-13-11-14-19-28/h11-16,18-21,23-24,26-27H,4-10,17,22,25H2,1-3H3/q+1. The van der Waals surface area contributed by atoms with Crippen LogP contribution in [0.1, 0.15) is 89.3 Å². The fourth-order valence-electron chi connectivity index (χ4n) is 4.86. The van der Waals surface area contributed by atoms with Crippen molar-refractivity contribution in [1.29, 1.82) is 0 Å². The lowest BCUT2D eigenvalue weighted by Gasteiger charge is -2.34. The van der Waals surface area contributed by atoms with Gasteiger partial charge in [-0.2, -0.15) is 0 Å². The van der Waals surface area contributed by atoms with Gasteiger partial charge in [-0.05, 0) is 37.3 Å². The third-order valence-electron chi connectivity index (χ3n) is 7.20. The molecule has 2 atom stereocenters. The van der Waals surface area contributed by atoms with Gasteiger partial charge >= 0.3 is 0 Å². The van der Waals surface area contributed by atoms with Crippen molar-refractivity contribution in [3.05, 3.63) is 90.5 Å². The minimum absolute atomic E-state index is 0.0119. The molecule has 2 aromatic carbocycles. The lowest BCUT2D eigenvalue weighted by Crippen LogP contribution is -2.36. The van der Waals surface area contributed by atoms with Gasteiger partial charge in [-0.15, -0.1) is 0 Å². The summed E-state index contributed by atoms with van der Waals surface area (Å²) in [5.41, 5.74) is 2.81. The molecule has 0 aliphatic rings. The molecule has 172 valence electrons. The summed E-state index contributed by atoms with van der Waals surface area (Å²) in [6.07, 6.45) is 18.8. The Morgan fingerprint density at radius 3 is 2.06 bits per heavy atom. The van der Waals surface area contributed by atoms with Gasteiger partial charge in [-0.1, -0.05) is 113 Å². The number of aromatic nitrogens is 2. The Kier molecular flexibility index (Phi) is 9.59. The molecule has 1 heterocycles. The van der Waals surface area contributed by atoms with E-state index in [1.165, 1.54) is 62.5 Å². The summed E-state index contributed by atoms with van der Waals surface area (Å²) in [6.45, 7) is 8.20. The number of unbranched alkanes of at least 4 members (excludes halogenated alkanes) is 7. The van der Waals surface area contributed by atoms with E-state index in [4.69, 9.17) is 0 Å². The molecule has 0 N–H and O–H groups in total. The SMILES string of the molecule is CCCCCCCCCC[n+]1ccn(C(C)C(C)(Cc2ccccc2)c2ccccc2)c1. The molecule has 2 unspecified atom stereocenters. The molecule has 3 aromatic rings. The number of aryl methyl sites for hydroxylation is 1. The van der Waals surface area contributed by atoms with Crippen molar-refractivity contribution in [1.82, 2.24) is 4.57 Å². The van der Waals surface area contributed by atoms with E-state index in [0.29, 0.717) is 6.04 Å². The zero-order chi connectivity index (χ0) is 22.7. The number of nitrogens with zero attached hydrogens (tertiary/aromatic N) is 2. The zero-order valence-electron chi connectivity index (χ0n) is 20.5. The van der Waals surface area contributed by atoms with E-state index >= 15 is 0 Å². The van der Waals surface area contributed by atoms with Crippen molar-refractivity contribution < 1.29 is 4.57 Å². The van der Waals surface area contributed by atoms with Crippen LogP contribution in [-0.2, 0) is 18.4 Å². The van der Waals surface area contributed by atoms with Gasteiger partial charge in [0.1, 0.15) is 18.4 Å². The lowest BCUT2D eigenvalue weighted by atomic mass is 9.72. The summed E-state index contributed by atoms with van der Waals surface area (Å²) in [7, 11) is 0. The molecule has 0 bridgehead atoms. The zero-order valence-corrected chi connectivity index (χ0v) is 20.5. The van der Waals surface area contributed by atoms with Crippen molar-refractivity contribution in [3.63, 3.8) is 0 Å². The monoisotopic (exact) mass is 431 g/mol. The number of hydrogen-bond acceptors (Lipinski definition) is 0. The molecule has 0 saturated heterocycles. The molecular formula is C30H43N2+. The smallest absolute Gasteiger partial charge is 0.237 e. The highest BCUT2D eigenvalue weighted by Crippen LogP contribution is 2.38. The Hall–Kier alpha value is -2.35. The van der Waals surface area contributed by atoms with Gasteiger partial charge in [0, 0.05) is 5.41 Å². The summed E-state index contributed by atoms with van der Waals surface area (Å²) in [5.74, 6) is 0. The highest BCUT2D eigenvalue weighted by atomic mass is 15.1. The van der Waals surface area contributed by atoms with E-state index in [0.717, 1.165) is 13.0 Å². The van der Waals surface area contributed by atoms with Crippen LogP contribution in [0.5, 0.6) is 0 Å². The maximum atomic E-state index is 2.42. The van der Waals surface area contributed by atoms with Crippen LogP contribution >= 0.6 is 0 Å². The number of benzene rings is 2. The van der Waals surface area contributed by atoms with Crippen LogP contribution in [0.15, 0.2) is 79.4 Å². The first-order valence-corrected chi connectivity index (χ1v) is 12.8. The summed E-state index contributed by atoms with van der Waals surface area (Å²) in [6, 6.07) is 22.3. The van der Waals surface area contributed by atoms with Gasteiger partial charge in [-0.25, -0.2) is 9.13 Å². The highest BCUT2D eigenvalue weighted by molar-refractivity contribution is 5.30. The fourth-order valence-corrected chi connectivity index (χ4v) is 4.86. The van der Waals surface area contributed by atoms with E-state index in [1.54, 1.807) is 0 Å². The topological polar surface area (TPSA) is 8.81 Å². The van der Waals surface area contributed by atoms with Crippen LogP contribution < -0.4 is 4.57 Å². The molecule has 0 saturated carbocycles. The molecule has 2 heteroatoms. The van der Waals surface area contributed by atoms with Gasteiger partial charge < -0.3 is 0 Å². The molecule has 0 fully saturated rings. The second kappa shape index (κ2) is 12.6. The minimum atomic E-state index is 0.0119. The quantitative estimate of drug-likeness (QED) is 0.183. The third kappa shape index (κ3) is 6.82. The van der Waals surface area contributed by atoms with Crippen LogP contribution in [0.4, 0.5) is 0 Å². The molecule has 0 radical (unpaired) electrons. The normalized spacial score (nSPS) is 14.2. The van der Waals surface area contributed by atoms with Gasteiger partial charge in [-0.3, -0.25) is 0 Å².